The van der Waals surface area contributed by atoms with Gasteiger partial charge >= 0.3 is 0 Å². The van der Waals surface area contributed by atoms with Gasteiger partial charge in [0.25, 0.3) is 0 Å². The van der Waals surface area contributed by atoms with Crippen molar-refractivity contribution in [3.63, 3.8) is 0 Å². The summed E-state index contributed by atoms with van der Waals surface area (Å²) in [5, 5.41) is 6.52. The van der Waals surface area contributed by atoms with Crippen molar-refractivity contribution in [3.8, 4) is 0 Å². The van der Waals surface area contributed by atoms with Gasteiger partial charge in [0.1, 0.15) is 0 Å². The number of amides is 2. The minimum atomic E-state index is 0.0299. The number of benzene rings is 1. The van der Waals surface area contributed by atoms with Crippen LogP contribution in [0.4, 0.5) is 10.8 Å². The molecule has 1 saturated carbocycles. The highest BCUT2D eigenvalue weighted by Gasteiger charge is 2.22. The zero-order chi connectivity index (χ0) is 17.6. The Morgan fingerprint density at radius 3 is 2.76 bits per heavy atom. The van der Waals surface area contributed by atoms with Gasteiger partial charge in [0, 0.05) is 18.0 Å². The van der Waals surface area contributed by atoms with Crippen LogP contribution >= 0.6 is 11.3 Å². The number of hydrogen-bond donors (Lipinski definition) is 2. The number of unbranched alkanes of at least 4 members (excludes halogenated alkanes) is 1. The normalized spacial score (nSPS) is 15.2. The van der Waals surface area contributed by atoms with Crippen molar-refractivity contribution in [2.75, 3.05) is 10.6 Å². The first-order chi connectivity index (χ1) is 12.2. The lowest BCUT2D eigenvalue weighted by atomic mass is 9.89. The number of aromatic nitrogens is 1. The third kappa shape index (κ3) is 4.78. The number of carbonyl (C=O) groups is 2. The Bertz CT molecular complexity index is 750. The second-order valence-electron chi connectivity index (χ2n) is 6.68. The largest absolute Gasteiger partial charge is 0.326 e. The van der Waals surface area contributed by atoms with Crippen LogP contribution in [0.5, 0.6) is 0 Å². The standard InChI is InChI=1S/C19H25N3O2S/c1-2-3-9-17(23)20-14-10-11-16-15(12-14)21-19(25-16)22-18(24)13-7-5-4-6-8-13/h10-13H,2-9H2,1H3,(H,20,23)(H,21,22,24). The summed E-state index contributed by atoms with van der Waals surface area (Å²) in [6.07, 6.45) is 7.89. The van der Waals surface area contributed by atoms with Crippen LogP contribution in [0.15, 0.2) is 18.2 Å². The van der Waals surface area contributed by atoms with Crippen LogP contribution < -0.4 is 10.6 Å². The van der Waals surface area contributed by atoms with Crippen LogP contribution in [-0.4, -0.2) is 16.8 Å². The van der Waals surface area contributed by atoms with Gasteiger partial charge in [0.2, 0.25) is 11.8 Å². The third-order valence-corrected chi connectivity index (χ3v) is 5.59. The topological polar surface area (TPSA) is 71.1 Å². The van der Waals surface area contributed by atoms with Crippen molar-refractivity contribution in [1.82, 2.24) is 4.98 Å². The van der Waals surface area contributed by atoms with E-state index in [1.807, 2.05) is 18.2 Å². The van der Waals surface area contributed by atoms with Crippen molar-refractivity contribution in [1.29, 1.82) is 0 Å². The minimum Gasteiger partial charge on any atom is -0.326 e. The summed E-state index contributed by atoms with van der Waals surface area (Å²) in [5.41, 5.74) is 1.56. The van der Waals surface area contributed by atoms with E-state index in [2.05, 4.69) is 22.5 Å². The predicted molar refractivity (Wildman–Crippen MR) is 103 cm³/mol. The van der Waals surface area contributed by atoms with Gasteiger partial charge in [-0.2, -0.15) is 0 Å². The molecule has 0 atom stereocenters. The van der Waals surface area contributed by atoms with Crippen LogP contribution in [-0.2, 0) is 9.59 Å². The highest BCUT2D eigenvalue weighted by atomic mass is 32.1. The van der Waals surface area contributed by atoms with Crippen molar-refractivity contribution in [3.05, 3.63) is 18.2 Å². The van der Waals surface area contributed by atoms with Gasteiger partial charge in [0.15, 0.2) is 5.13 Å². The number of nitrogens with zero attached hydrogens (tertiary/aromatic N) is 1. The molecule has 2 amide bonds. The molecule has 0 aliphatic heterocycles. The zero-order valence-corrected chi connectivity index (χ0v) is 15.5. The molecule has 0 saturated heterocycles. The molecule has 25 heavy (non-hydrogen) atoms. The molecule has 1 aliphatic carbocycles. The van der Waals surface area contributed by atoms with E-state index in [9.17, 15) is 9.59 Å². The van der Waals surface area contributed by atoms with E-state index in [4.69, 9.17) is 0 Å². The maximum Gasteiger partial charge on any atom is 0.229 e. The average molecular weight is 359 g/mol. The summed E-state index contributed by atoms with van der Waals surface area (Å²) in [6, 6.07) is 5.70. The van der Waals surface area contributed by atoms with E-state index < -0.39 is 0 Å². The maximum atomic E-state index is 12.4. The fourth-order valence-corrected chi connectivity index (χ4v) is 4.04. The van der Waals surface area contributed by atoms with E-state index in [1.165, 1.54) is 17.8 Å². The Kier molecular flexibility index (Phi) is 6.02. The summed E-state index contributed by atoms with van der Waals surface area (Å²) in [6.45, 7) is 2.07. The fraction of sp³-hybridized carbons (Fsp3) is 0.526. The molecular weight excluding hydrogens is 334 g/mol. The molecule has 0 unspecified atom stereocenters. The van der Waals surface area contributed by atoms with Crippen molar-refractivity contribution in [2.24, 2.45) is 5.92 Å². The molecule has 1 heterocycles. The van der Waals surface area contributed by atoms with Crippen LogP contribution in [0.3, 0.4) is 0 Å². The van der Waals surface area contributed by atoms with E-state index >= 15 is 0 Å². The Labute approximate surface area is 152 Å². The fourth-order valence-electron chi connectivity index (χ4n) is 3.19. The van der Waals surface area contributed by atoms with Gasteiger partial charge in [-0.1, -0.05) is 43.9 Å². The number of carbonyl (C=O) groups excluding carboxylic acids is 2. The molecule has 1 aliphatic rings. The van der Waals surface area contributed by atoms with Gasteiger partial charge in [-0.05, 0) is 37.5 Å². The van der Waals surface area contributed by atoms with Crippen LogP contribution in [0.2, 0.25) is 0 Å². The minimum absolute atomic E-state index is 0.0299. The zero-order valence-electron chi connectivity index (χ0n) is 14.6. The highest BCUT2D eigenvalue weighted by molar-refractivity contribution is 7.22. The predicted octanol–water partition coefficient (Wildman–Crippen LogP) is 4.94. The Morgan fingerprint density at radius 1 is 1.20 bits per heavy atom. The second kappa shape index (κ2) is 8.43. The average Bonchev–Trinajstić information content (AvgIpc) is 3.02. The van der Waals surface area contributed by atoms with E-state index in [0.717, 1.165) is 54.4 Å². The summed E-state index contributed by atoms with van der Waals surface area (Å²) in [7, 11) is 0. The molecule has 6 heteroatoms. The second-order valence-corrected chi connectivity index (χ2v) is 7.71. The summed E-state index contributed by atoms with van der Waals surface area (Å²) in [4.78, 5) is 28.7. The van der Waals surface area contributed by atoms with E-state index in [-0.39, 0.29) is 17.7 Å². The molecule has 0 radical (unpaired) electrons. The molecule has 0 spiro atoms. The molecule has 1 fully saturated rings. The summed E-state index contributed by atoms with van der Waals surface area (Å²) >= 11 is 1.48. The number of nitrogens with one attached hydrogen (secondary N) is 2. The molecule has 1 aromatic heterocycles. The van der Waals surface area contributed by atoms with E-state index in [1.54, 1.807) is 0 Å². The number of fused-ring (bicyclic) bond motifs is 1. The van der Waals surface area contributed by atoms with Crippen LogP contribution in [0.25, 0.3) is 10.2 Å². The SMILES string of the molecule is CCCCC(=O)Nc1ccc2sc(NC(=O)C3CCCCC3)nc2c1. The van der Waals surface area contributed by atoms with Crippen LogP contribution in [0.1, 0.15) is 58.3 Å². The first-order valence-electron chi connectivity index (χ1n) is 9.17. The Morgan fingerprint density at radius 2 is 2.00 bits per heavy atom. The lowest BCUT2D eigenvalue weighted by Crippen LogP contribution is -2.24. The molecule has 134 valence electrons. The molecule has 2 N–H and O–H groups in total. The van der Waals surface area contributed by atoms with Gasteiger partial charge in [-0.25, -0.2) is 4.98 Å². The first kappa shape index (κ1) is 17.9. The number of anilines is 2. The molecule has 2 aromatic rings. The smallest absolute Gasteiger partial charge is 0.229 e. The van der Waals surface area contributed by atoms with Gasteiger partial charge in [-0.15, -0.1) is 0 Å². The van der Waals surface area contributed by atoms with Gasteiger partial charge in [0.05, 0.1) is 10.2 Å². The molecule has 1 aromatic carbocycles. The quantitative estimate of drug-likeness (QED) is 0.767. The third-order valence-electron chi connectivity index (χ3n) is 4.63. The number of thiazole rings is 1. The van der Waals surface area contributed by atoms with E-state index in [0.29, 0.717) is 11.6 Å². The van der Waals surface area contributed by atoms with Gasteiger partial charge < -0.3 is 10.6 Å². The maximum absolute atomic E-state index is 12.4. The van der Waals surface area contributed by atoms with Crippen molar-refractivity contribution in [2.45, 2.75) is 58.3 Å². The molecular formula is C19H25N3O2S. The van der Waals surface area contributed by atoms with Crippen molar-refractivity contribution >= 4 is 44.2 Å². The molecule has 5 nitrogen and oxygen atoms in total. The first-order valence-corrected chi connectivity index (χ1v) is 9.98. The molecule has 0 bridgehead atoms. The highest BCUT2D eigenvalue weighted by Crippen LogP contribution is 2.30. The monoisotopic (exact) mass is 359 g/mol. The molecule has 3 rings (SSSR count). The Balaban J connectivity index is 1.65. The van der Waals surface area contributed by atoms with Gasteiger partial charge in [-0.3, -0.25) is 9.59 Å². The summed E-state index contributed by atoms with van der Waals surface area (Å²) in [5.74, 6) is 0.239. The number of hydrogen-bond acceptors (Lipinski definition) is 4. The van der Waals surface area contributed by atoms with Crippen molar-refractivity contribution < 1.29 is 9.59 Å². The van der Waals surface area contributed by atoms with Crippen LogP contribution in [0, 0.1) is 5.92 Å². The summed E-state index contributed by atoms with van der Waals surface area (Å²) < 4.78 is 1.01. The number of rotatable bonds is 6. The lowest BCUT2D eigenvalue weighted by molar-refractivity contribution is -0.120. The lowest BCUT2D eigenvalue weighted by Gasteiger charge is -2.19. The Hall–Kier alpha value is -1.95.